The van der Waals surface area contributed by atoms with Gasteiger partial charge >= 0.3 is 0 Å². The van der Waals surface area contributed by atoms with Crippen molar-refractivity contribution in [2.75, 3.05) is 19.6 Å². The summed E-state index contributed by atoms with van der Waals surface area (Å²) in [5.74, 6) is 1.34. The maximum absolute atomic E-state index is 13.8. The Kier molecular flexibility index (Phi) is 6.59. The van der Waals surface area contributed by atoms with Crippen LogP contribution in [0.2, 0.25) is 0 Å². The lowest BCUT2D eigenvalue weighted by Crippen LogP contribution is -2.50. The Balaban J connectivity index is 1.31. The van der Waals surface area contributed by atoms with Crippen molar-refractivity contribution in [2.45, 2.75) is 76.8 Å². The summed E-state index contributed by atoms with van der Waals surface area (Å²) < 4.78 is 0. The first-order valence-electron chi connectivity index (χ1n) is 12.7. The zero-order valence-corrected chi connectivity index (χ0v) is 19.5. The molecular formula is C28H37N3O. The number of likely N-dealkylation sites (tertiary alicyclic amines) is 2. The van der Waals surface area contributed by atoms with E-state index >= 15 is 0 Å². The number of rotatable bonds is 4. The molecule has 0 bridgehead atoms. The molecule has 1 saturated carbocycles. The second-order valence-corrected chi connectivity index (χ2v) is 10.2. The van der Waals surface area contributed by atoms with Gasteiger partial charge in [-0.25, -0.2) is 0 Å². The third-order valence-corrected chi connectivity index (χ3v) is 8.02. The summed E-state index contributed by atoms with van der Waals surface area (Å²) >= 11 is 0. The number of aromatic nitrogens is 1. The van der Waals surface area contributed by atoms with Crippen LogP contribution < -0.4 is 0 Å². The van der Waals surface area contributed by atoms with E-state index < -0.39 is 0 Å². The van der Waals surface area contributed by atoms with Gasteiger partial charge in [0.05, 0.1) is 11.3 Å². The van der Waals surface area contributed by atoms with E-state index in [9.17, 15) is 4.79 Å². The Morgan fingerprint density at radius 3 is 2.47 bits per heavy atom. The van der Waals surface area contributed by atoms with Gasteiger partial charge in [-0.3, -0.25) is 14.7 Å². The summed E-state index contributed by atoms with van der Waals surface area (Å²) in [5, 5.41) is 0. The smallest absolute Gasteiger partial charge is 0.255 e. The van der Waals surface area contributed by atoms with Crippen LogP contribution in [0.1, 0.15) is 84.6 Å². The van der Waals surface area contributed by atoms with Crippen LogP contribution in [0.3, 0.4) is 0 Å². The molecule has 2 atom stereocenters. The summed E-state index contributed by atoms with van der Waals surface area (Å²) in [6, 6.07) is 15.3. The topological polar surface area (TPSA) is 36.4 Å². The lowest BCUT2D eigenvalue weighted by molar-refractivity contribution is 0.0388. The van der Waals surface area contributed by atoms with Gasteiger partial charge in [0.2, 0.25) is 0 Å². The van der Waals surface area contributed by atoms with Gasteiger partial charge < -0.3 is 4.90 Å². The van der Waals surface area contributed by atoms with E-state index in [2.05, 4.69) is 53.1 Å². The minimum atomic E-state index is 0.246. The molecule has 2 aromatic rings. The van der Waals surface area contributed by atoms with Crippen molar-refractivity contribution >= 4 is 5.91 Å². The number of fused-ring (bicyclic) bond motifs is 1. The number of nitrogens with zero attached hydrogens (tertiary/aromatic N) is 3. The zero-order chi connectivity index (χ0) is 21.9. The third-order valence-electron chi connectivity index (χ3n) is 8.02. The first kappa shape index (κ1) is 21.6. The van der Waals surface area contributed by atoms with Gasteiger partial charge in [0.25, 0.3) is 5.91 Å². The number of hydrogen-bond donors (Lipinski definition) is 0. The second-order valence-electron chi connectivity index (χ2n) is 10.2. The Labute approximate surface area is 193 Å². The predicted molar refractivity (Wildman–Crippen MR) is 129 cm³/mol. The molecule has 1 amide bonds. The maximum Gasteiger partial charge on any atom is 0.255 e. The van der Waals surface area contributed by atoms with E-state index in [1.807, 2.05) is 6.07 Å². The van der Waals surface area contributed by atoms with Crippen LogP contribution in [0.5, 0.6) is 0 Å². The molecular weight excluding hydrogens is 394 g/mol. The molecule has 0 N–H and O–H groups in total. The standard InChI is InChI=1S/C28H37N3O/c1-21-13-14-25(28(32)31-17-7-11-23-10-5-6-12-26(23)31)27(29-21)24-15-18-30(19-16-24)20-22-8-3-2-4-9-22/h2-4,8-9,13-14,23-24,26H,5-7,10-12,15-20H2,1H3. The van der Waals surface area contributed by atoms with E-state index in [0.29, 0.717) is 17.9 Å². The van der Waals surface area contributed by atoms with Gasteiger partial charge in [-0.15, -0.1) is 0 Å². The van der Waals surface area contributed by atoms with Crippen LogP contribution >= 0.6 is 0 Å². The molecule has 2 aliphatic heterocycles. The molecule has 4 nitrogen and oxygen atoms in total. The summed E-state index contributed by atoms with van der Waals surface area (Å²) in [7, 11) is 0. The molecule has 5 rings (SSSR count). The van der Waals surface area contributed by atoms with Crippen molar-refractivity contribution in [3.05, 3.63) is 65.0 Å². The SMILES string of the molecule is Cc1ccc(C(=O)N2CCCC3CCCCC32)c(C2CCN(Cc3ccccc3)CC2)n1. The van der Waals surface area contributed by atoms with Crippen LogP contribution in [-0.2, 0) is 6.54 Å². The normalized spacial score (nSPS) is 24.8. The molecule has 3 aliphatic rings. The Morgan fingerprint density at radius 2 is 1.66 bits per heavy atom. The van der Waals surface area contributed by atoms with Gasteiger partial charge in [-0.1, -0.05) is 43.2 Å². The second kappa shape index (κ2) is 9.74. The van der Waals surface area contributed by atoms with Crippen LogP contribution in [0.25, 0.3) is 0 Å². The molecule has 2 saturated heterocycles. The first-order chi connectivity index (χ1) is 15.7. The predicted octanol–water partition coefficient (Wildman–Crippen LogP) is 5.56. The molecule has 0 radical (unpaired) electrons. The fourth-order valence-corrected chi connectivity index (χ4v) is 6.31. The number of aryl methyl sites for hydroxylation is 1. The van der Waals surface area contributed by atoms with E-state index in [1.165, 1.54) is 37.7 Å². The van der Waals surface area contributed by atoms with Gasteiger partial charge in [-0.05, 0) is 82.2 Å². The summed E-state index contributed by atoms with van der Waals surface area (Å²) in [6.07, 6.45) is 9.69. The number of piperidine rings is 2. The van der Waals surface area contributed by atoms with Crippen molar-refractivity contribution in [3.8, 4) is 0 Å². The van der Waals surface area contributed by atoms with E-state index in [0.717, 1.165) is 62.4 Å². The number of hydrogen-bond acceptors (Lipinski definition) is 3. The average Bonchev–Trinajstić information content (AvgIpc) is 2.84. The van der Waals surface area contributed by atoms with Crippen molar-refractivity contribution < 1.29 is 4.79 Å². The highest BCUT2D eigenvalue weighted by atomic mass is 16.2. The van der Waals surface area contributed by atoms with Crippen molar-refractivity contribution in [3.63, 3.8) is 0 Å². The number of benzene rings is 1. The summed E-state index contributed by atoms with van der Waals surface area (Å²) in [6.45, 7) is 6.12. The minimum absolute atomic E-state index is 0.246. The van der Waals surface area contributed by atoms with E-state index in [4.69, 9.17) is 4.98 Å². The highest BCUT2D eigenvalue weighted by Gasteiger charge is 2.37. The fraction of sp³-hybridized carbons (Fsp3) is 0.571. The highest BCUT2D eigenvalue weighted by molar-refractivity contribution is 5.95. The Bertz CT molecular complexity index is 918. The molecule has 1 aliphatic carbocycles. The van der Waals surface area contributed by atoms with Crippen LogP contribution in [-0.4, -0.2) is 46.4 Å². The number of carbonyl (C=O) groups is 1. The zero-order valence-electron chi connectivity index (χ0n) is 19.5. The molecule has 1 aromatic carbocycles. The maximum atomic E-state index is 13.8. The van der Waals surface area contributed by atoms with Crippen molar-refractivity contribution in [1.29, 1.82) is 0 Å². The fourth-order valence-electron chi connectivity index (χ4n) is 6.31. The largest absolute Gasteiger partial charge is 0.335 e. The van der Waals surface area contributed by atoms with Gasteiger partial charge in [-0.2, -0.15) is 0 Å². The van der Waals surface area contributed by atoms with Gasteiger partial charge in [0, 0.05) is 30.7 Å². The highest BCUT2D eigenvalue weighted by Crippen LogP contribution is 2.37. The Morgan fingerprint density at radius 1 is 0.906 bits per heavy atom. The number of carbonyl (C=O) groups excluding carboxylic acids is 1. The van der Waals surface area contributed by atoms with E-state index in [1.54, 1.807) is 0 Å². The summed E-state index contributed by atoms with van der Waals surface area (Å²) in [4.78, 5) is 23.5. The van der Waals surface area contributed by atoms with Gasteiger partial charge in [0.1, 0.15) is 0 Å². The van der Waals surface area contributed by atoms with Crippen LogP contribution in [0.15, 0.2) is 42.5 Å². The third kappa shape index (κ3) is 4.61. The molecule has 4 heteroatoms. The lowest BCUT2D eigenvalue weighted by Gasteiger charge is -2.44. The quantitative estimate of drug-likeness (QED) is 0.635. The van der Waals surface area contributed by atoms with Gasteiger partial charge in [0.15, 0.2) is 0 Å². The monoisotopic (exact) mass is 431 g/mol. The lowest BCUT2D eigenvalue weighted by atomic mass is 9.78. The number of amides is 1. The van der Waals surface area contributed by atoms with Crippen LogP contribution in [0, 0.1) is 12.8 Å². The minimum Gasteiger partial charge on any atom is -0.335 e. The number of pyridine rings is 1. The molecule has 0 spiro atoms. The molecule has 2 unspecified atom stereocenters. The molecule has 170 valence electrons. The van der Waals surface area contributed by atoms with E-state index in [-0.39, 0.29) is 5.91 Å². The Hall–Kier alpha value is -2.20. The molecule has 3 heterocycles. The molecule has 3 fully saturated rings. The molecule has 32 heavy (non-hydrogen) atoms. The van der Waals surface area contributed by atoms with Crippen molar-refractivity contribution in [1.82, 2.24) is 14.8 Å². The summed E-state index contributed by atoms with van der Waals surface area (Å²) in [5.41, 5.74) is 4.34. The average molecular weight is 432 g/mol. The van der Waals surface area contributed by atoms with Crippen molar-refractivity contribution in [2.24, 2.45) is 5.92 Å². The van der Waals surface area contributed by atoms with Crippen LogP contribution in [0.4, 0.5) is 0 Å². The first-order valence-corrected chi connectivity index (χ1v) is 12.7. The molecule has 1 aromatic heterocycles.